The molecule has 0 heterocycles. The summed E-state index contributed by atoms with van der Waals surface area (Å²) in [5.41, 5.74) is 0. The summed E-state index contributed by atoms with van der Waals surface area (Å²) in [6.07, 6.45) is 1.00. The van der Waals surface area contributed by atoms with E-state index < -0.39 is 5.97 Å². The van der Waals surface area contributed by atoms with E-state index in [0.29, 0.717) is 18.7 Å². The van der Waals surface area contributed by atoms with E-state index in [-0.39, 0.29) is 18.5 Å². The van der Waals surface area contributed by atoms with Crippen LogP contribution in [0.25, 0.3) is 0 Å². The van der Waals surface area contributed by atoms with Gasteiger partial charge in [0.25, 0.3) is 0 Å². The Kier molecular flexibility index (Phi) is 7.13. The number of carbonyl (C=O) groups is 2. The van der Waals surface area contributed by atoms with Crippen LogP contribution in [0.2, 0.25) is 0 Å². The molecule has 0 aromatic rings. The van der Waals surface area contributed by atoms with E-state index in [1.807, 2.05) is 13.8 Å². The molecule has 1 amide bonds. The van der Waals surface area contributed by atoms with Gasteiger partial charge in [0.2, 0.25) is 5.91 Å². The molecule has 0 atom stereocenters. The molecule has 0 aromatic carbocycles. The van der Waals surface area contributed by atoms with Gasteiger partial charge in [-0.05, 0) is 20.3 Å². The number of halogens is 1. The number of hydrogen-bond acceptors (Lipinski definition) is 3. The van der Waals surface area contributed by atoms with Crippen molar-refractivity contribution in [3.05, 3.63) is 0 Å². The van der Waals surface area contributed by atoms with Crippen LogP contribution in [0.3, 0.4) is 0 Å². The summed E-state index contributed by atoms with van der Waals surface area (Å²) in [5, 5.41) is 0. The number of methoxy groups -OCH3 is 1. The highest BCUT2D eigenvalue weighted by molar-refractivity contribution is 6.17. The zero-order chi connectivity index (χ0) is 11.8. The van der Waals surface area contributed by atoms with Gasteiger partial charge in [-0.25, -0.2) is 0 Å². The molecule has 0 radical (unpaired) electrons. The van der Waals surface area contributed by atoms with E-state index in [0.717, 1.165) is 0 Å². The fourth-order valence-corrected chi connectivity index (χ4v) is 1.26. The second-order valence-corrected chi connectivity index (χ2v) is 3.86. The number of nitrogens with zero attached hydrogens (tertiary/aromatic N) is 1. The smallest absolute Gasteiger partial charge is 0.325 e. The van der Waals surface area contributed by atoms with Crippen molar-refractivity contribution in [1.29, 1.82) is 0 Å². The van der Waals surface area contributed by atoms with Gasteiger partial charge in [-0.2, -0.15) is 0 Å². The third kappa shape index (κ3) is 5.62. The largest absolute Gasteiger partial charge is 0.468 e. The zero-order valence-corrected chi connectivity index (χ0v) is 10.2. The lowest BCUT2D eigenvalue weighted by Crippen LogP contribution is -2.41. The number of ether oxygens (including phenoxy) is 1. The number of esters is 1. The lowest BCUT2D eigenvalue weighted by molar-refractivity contribution is -0.148. The van der Waals surface area contributed by atoms with Crippen molar-refractivity contribution in [2.45, 2.75) is 32.7 Å². The molecule has 0 aliphatic heterocycles. The molecule has 0 spiro atoms. The predicted molar refractivity (Wildman–Crippen MR) is 58.8 cm³/mol. The van der Waals surface area contributed by atoms with Crippen molar-refractivity contribution < 1.29 is 14.3 Å². The molecule has 0 aliphatic carbocycles. The summed E-state index contributed by atoms with van der Waals surface area (Å²) in [6, 6.07) is -0.00748. The summed E-state index contributed by atoms with van der Waals surface area (Å²) >= 11 is 5.50. The molecule has 0 saturated carbocycles. The zero-order valence-electron chi connectivity index (χ0n) is 9.46. The molecular formula is C10H18ClNO3. The lowest BCUT2D eigenvalue weighted by Gasteiger charge is -2.25. The first-order valence-electron chi connectivity index (χ1n) is 4.95. The fourth-order valence-electron chi connectivity index (χ4n) is 1.12. The Morgan fingerprint density at radius 3 is 2.40 bits per heavy atom. The monoisotopic (exact) mass is 235 g/mol. The third-order valence-corrected chi connectivity index (χ3v) is 2.26. The maximum Gasteiger partial charge on any atom is 0.325 e. The molecule has 5 heteroatoms. The summed E-state index contributed by atoms with van der Waals surface area (Å²) in [6.45, 7) is 3.73. The quantitative estimate of drug-likeness (QED) is 0.517. The van der Waals surface area contributed by atoms with Gasteiger partial charge in [-0.3, -0.25) is 9.59 Å². The van der Waals surface area contributed by atoms with Gasteiger partial charge >= 0.3 is 5.97 Å². The summed E-state index contributed by atoms with van der Waals surface area (Å²) in [7, 11) is 1.31. The topological polar surface area (TPSA) is 46.6 Å². The highest BCUT2D eigenvalue weighted by Crippen LogP contribution is 2.04. The van der Waals surface area contributed by atoms with Crippen molar-refractivity contribution in [3.8, 4) is 0 Å². The summed E-state index contributed by atoms with van der Waals surface area (Å²) in [5.74, 6) is -0.00502. The standard InChI is InChI=1S/C10H18ClNO3/c1-8(2)12(7-10(14)15-3)9(13)5-4-6-11/h8H,4-7H2,1-3H3. The van der Waals surface area contributed by atoms with Gasteiger partial charge < -0.3 is 9.64 Å². The normalized spacial score (nSPS) is 10.2. The average Bonchev–Trinajstić information content (AvgIpc) is 2.21. The number of alkyl halides is 1. The van der Waals surface area contributed by atoms with Gasteiger partial charge in [0.15, 0.2) is 0 Å². The second-order valence-electron chi connectivity index (χ2n) is 3.48. The van der Waals surface area contributed by atoms with Crippen LogP contribution in [-0.4, -0.2) is 42.4 Å². The van der Waals surface area contributed by atoms with Crippen LogP contribution in [0.4, 0.5) is 0 Å². The number of carbonyl (C=O) groups excluding carboxylic acids is 2. The van der Waals surface area contributed by atoms with Crippen LogP contribution in [0.1, 0.15) is 26.7 Å². The number of hydrogen-bond donors (Lipinski definition) is 0. The third-order valence-electron chi connectivity index (χ3n) is 2.00. The van der Waals surface area contributed by atoms with Crippen LogP contribution in [-0.2, 0) is 14.3 Å². The Hall–Kier alpha value is -0.770. The summed E-state index contributed by atoms with van der Waals surface area (Å²) < 4.78 is 4.53. The van der Waals surface area contributed by atoms with Crippen molar-refractivity contribution in [3.63, 3.8) is 0 Å². The molecule has 15 heavy (non-hydrogen) atoms. The van der Waals surface area contributed by atoms with Crippen molar-refractivity contribution in [1.82, 2.24) is 4.90 Å². The number of amides is 1. The van der Waals surface area contributed by atoms with Gasteiger partial charge in [-0.1, -0.05) is 0 Å². The summed E-state index contributed by atoms with van der Waals surface area (Å²) in [4.78, 5) is 24.2. The van der Waals surface area contributed by atoms with Crippen LogP contribution < -0.4 is 0 Å². The molecular weight excluding hydrogens is 218 g/mol. The Bertz CT molecular complexity index is 219. The lowest BCUT2D eigenvalue weighted by atomic mass is 10.2. The molecule has 0 fully saturated rings. The van der Waals surface area contributed by atoms with E-state index in [9.17, 15) is 9.59 Å². The van der Waals surface area contributed by atoms with Crippen molar-refractivity contribution in [2.24, 2.45) is 0 Å². The minimum atomic E-state index is -0.400. The molecule has 0 rings (SSSR count). The van der Waals surface area contributed by atoms with E-state index in [2.05, 4.69) is 4.74 Å². The fraction of sp³-hybridized carbons (Fsp3) is 0.800. The van der Waals surface area contributed by atoms with Crippen LogP contribution in [0.5, 0.6) is 0 Å². The predicted octanol–water partition coefficient (Wildman–Crippen LogP) is 1.42. The van der Waals surface area contributed by atoms with Crippen LogP contribution >= 0.6 is 11.6 Å². The first kappa shape index (κ1) is 14.2. The Morgan fingerprint density at radius 2 is 2.00 bits per heavy atom. The molecule has 88 valence electrons. The minimum Gasteiger partial charge on any atom is -0.468 e. The molecule has 0 bridgehead atoms. The van der Waals surface area contributed by atoms with Crippen LogP contribution in [0, 0.1) is 0 Å². The van der Waals surface area contributed by atoms with Gasteiger partial charge in [-0.15, -0.1) is 11.6 Å². The highest BCUT2D eigenvalue weighted by atomic mass is 35.5. The first-order valence-corrected chi connectivity index (χ1v) is 5.48. The Balaban J connectivity index is 4.25. The van der Waals surface area contributed by atoms with E-state index in [1.165, 1.54) is 12.0 Å². The van der Waals surface area contributed by atoms with Gasteiger partial charge in [0.05, 0.1) is 7.11 Å². The minimum absolute atomic E-state index is 0.00748. The highest BCUT2D eigenvalue weighted by Gasteiger charge is 2.19. The van der Waals surface area contributed by atoms with Gasteiger partial charge in [0.1, 0.15) is 6.54 Å². The second kappa shape index (κ2) is 7.51. The molecule has 0 saturated heterocycles. The SMILES string of the molecule is COC(=O)CN(C(=O)CCCCl)C(C)C. The average molecular weight is 236 g/mol. The Morgan fingerprint density at radius 1 is 1.40 bits per heavy atom. The van der Waals surface area contributed by atoms with Crippen molar-refractivity contribution in [2.75, 3.05) is 19.5 Å². The Labute approximate surface area is 95.5 Å². The molecule has 4 nitrogen and oxygen atoms in total. The van der Waals surface area contributed by atoms with Crippen LogP contribution in [0.15, 0.2) is 0 Å². The molecule has 0 N–H and O–H groups in total. The van der Waals surface area contributed by atoms with Crippen molar-refractivity contribution >= 4 is 23.5 Å². The van der Waals surface area contributed by atoms with E-state index in [4.69, 9.17) is 11.6 Å². The van der Waals surface area contributed by atoms with E-state index >= 15 is 0 Å². The first-order chi connectivity index (χ1) is 7.02. The molecule has 0 aliphatic rings. The maximum absolute atomic E-state index is 11.7. The molecule has 0 aromatic heterocycles. The molecule has 0 unspecified atom stereocenters. The maximum atomic E-state index is 11.7. The number of rotatable bonds is 6. The van der Waals surface area contributed by atoms with E-state index in [1.54, 1.807) is 0 Å². The van der Waals surface area contributed by atoms with Gasteiger partial charge in [0, 0.05) is 18.3 Å².